The van der Waals surface area contributed by atoms with Gasteiger partial charge in [-0.1, -0.05) is 12.1 Å². The summed E-state index contributed by atoms with van der Waals surface area (Å²) in [5, 5.41) is 0. The Hall–Kier alpha value is -0.920. The van der Waals surface area contributed by atoms with Crippen molar-refractivity contribution < 1.29 is 22.4 Å². The Bertz CT molecular complexity index is 419. The summed E-state index contributed by atoms with van der Waals surface area (Å²) in [6.07, 6.45) is -3.83. The molecule has 0 bridgehead atoms. The van der Waals surface area contributed by atoms with Crippen molar-refractivity contribution in [2.45, 2.75) is 6.18 Å². The zero-order chi connectivity index (χ0) is 12.3. The number of hydrogen-bond donors (Lipinski definition) is 0. The van der Waals surface area contributed by atoms with Gasteiger partial charge in [-0.3, -0.25) is 4.79 Å². The van der Waals surface area contributed by atoms with Crippen molar-refractivity contribution in [2.24, 2.45) is 0 Å². The molecule has 0 aromatic heterocycles. The topological polar surface area (TPSA) is 17.1 Å². The first-order valence-electron chi connectivity index (χ1n) is 4.05. The number of benzene rings is 1. The lowest BCUT2D eigenvalue weighted by molar-refractivity contribution is -0.165. The molecule has 1 rings (SSSR count). The van der Waals surface area contributed by atoms with E-state index in [1.165, 1.54) is 34.7 Å². The molecular weight excluding hydrogens is 339 g/mol. The quantitative estimate of drug-likeness (QED) is 0.454. The molecule has 0 aliphatic heterocycles. The van der Waals surface area contributed by atoms with E-state index in [0.29, 0.717) is 5.56 Å². The third kappa shape index (κ3) is 3.58. The first-order chi connectivity index (χ1) is 7.30. The van der Waals surface area contributed by atoms with Crippen molar-refractivity contribution in [2.75, 3.05) is 0 Å². The van der Waals surface area contributed by atoms with Gasteiger partial charge in [0.2, 0.25) is 0 Å². The minimum Gasteiger partial charge on any atom is -0.283 e. The lowest BCUT2D eigenvalue weighted by Gasteiger charge is -2.03. The number of carbonyl (C=O) groups excluding carboxylic acids is 1. The van der Waals surface area contributed by atoms with Crippen molar-refractivity contribution in [1.82, 2.24) is 0 Å². The van der Waals surface area contributed by atoms with E-state index in [1.807, 2.05) is 0 Å². The molecule has 0 atom stereocenters. The predicted octanol–water partition coefficient (Wildman–Crippen LogP) is 3.73. The third-order valence-electron chi connectivity index (χ3n) is 1.64. The van der Waals surface area contributed by atoms with Crippen LogP contribution in [0.3, 0.4) is 0 Å². The van der Waals surface area contributed by atoms with Crippen LogP contribution in [0.5, 0.6) is 0 Å². The molecule has 1 aromatic carbocycles. The minimum atomic E-state index is -4.88. The van der Waals surface area contributed by atoms with E-state index in [4.69, 9.17) is 0 Å². The average molecular weight is 344 g/mol. The highest BCUT2D eigenvalue weighted by Gasteiger charge is 2.39. The zero-order valence-electron chi connectivity index (χ0n) is 7.68. The maximum Gasteiger partial charge on any atom is 0.455 e. The molecule has 0 amide bonds. The highest BCUT2D eigenvalue weighted by Crippen LogP contribution is 2.25. The van der Waals surface area contributed by atoms with Gasteiger partial charge in [-0.15, -0.1) is 0 Å². The first-order valence-corrected chi connectivity index (χ1v) is 5.13. The van der Waals surface area contributed by atoms with E-state index < -0.39 is 21.4 Å². The largest absolute Gasteiger partial charge is 0.455 e. The summed E-state index contributed by atoms with van der Waals surface area (Å²) in [5.41, 5.74) is 0.336. The molecule has 1 aromatic rings. The van der Waals surface area contributed by atoms with E-state index in [9.17, 15) is 22.4 Å². The highest BCUT2D eigenvalue weighted by molar-refractivity contribution is 14.1. The van der Waals surface area contributed by atoms with Gasteiger partial charge in [0.15, 0.2) is 0 Å². The molecule has 0 saturated carbocycles. The summed E-state index contributed by atoms with van der Waals surface area (Å²) in [7, 11) is 0. The number of carbonyl (C=O) groups is 1. The van der Waals surface area contributed by atoms with Gasteiger partial charge in [0.05, 0.1) is 3.58 Å². The van der Waals surface area contributed by atoms with Crippen LogP contribution in [-0.2, 0) is 4.79 Å². The average Bonchev–Trinajstić information content (AvgIpc) is 2.19. The number of allylic oxidation sites excluding steroid dienone is 1. The first kappa shape index (κ1) is 13.1. The number of ketones is 1. The normalized spacial score (nSPS) is 12.7. The third-order valence-corrected chi connectivity index (χ3v) is 2.44. The molecule has 0 spiro atoms. The van der Waals surface area contributed by atoms with E-state index in [0.717, 1.165) is 18.2 Å². The Morgan fingerprint density at radius 2 is 1.69 bits per heavy atom. The van der Waals surface area contributed by atoms with E-state index in [2.05, 4.69) is 0 Å². The SMILES string of the molecule is O=C(/C(I)=C/c1ccc(F)cc1)C(F)(F)F. The van der Waals surface area contributed by atoms with Crippen molar-refractivity contribution >= 4 is 34.5 Å². The van der Waals surface area contributed by atoms with Gasteiger partial charge in [0, 0.05) is 0 Å². The highest BCUT2D eigenvalue weighted by atomic mass is 127. The fourth-order valence-electron chi connectivity index (χ4n) is 0.906. The number of Topliss-reactive ketones (excluding diaryl/α,β-unsaturated/α-hetero) is 1. The fourth-order valence-corrected chi connectivity index (χ4v) is 1.57. The second-order valence-electron chi connectivity index (χ2n) is 2.87. The molecule has 0 heterocycles. The molecule has 0 radical (unpaired) electrons. The second kappa shape index (κ2) is 4.94. The minimum absolute atomic E-state index is 0.336. The summed E-state index contributed by atoms with van der Waals surface area (Å²) in [5.74, 6) is -2.40. The van der Waals surface area contributed by atoms with Gasteiger partial charge in [0.1, 0.15) is 5.82 Å². The van der Waals surface area contributed by atoms with Crippen LogP contribution >= 0.6 is 22.6 Å². The number of halogens is 5. The van der Waals surface area contributed by atoms with Crippen LogP contribution in [0.15, 0.2) is 27.8 Å². The van der Waals surface area contributed by atoms with Crippen LogP contribution in [0, 0.1) is 5.82 Å². The van der Waals surface area contributed by atoms with E-state index >= 15 is 0 Å². The Morgan fingerprint density at radius 3 is 2.12 bits per heavy atom. The summed E-state index contributed by atoms with van der Waals surface area (Å²) in [6, 6.07) is 4.79. The molecule has 0 saturated heterocycles. The molecule has 0 fully saturated rings. The van der Waals surface area contributed by atoms with Crippen molar-refractivity contribution in [3.8, 4) is 0 Å². The lowest BCUT2D eigenvalue weighted by Crippen LogP contribution is -2.22. The maximum atomic E-state index is 12.5. The number of rotatable bonds is 2. The van der Waals surface area contributed by atoms with Gasteiger partial charge in [-0.05, 0) is 46.4 Å². The Labute approximate surface area is 102 Å². The molecule has 16 heavy (non-hydrogen) atoms. The Balaban J connectivity index is 2.93. The number of alkyl halides is 3. The summed E-state index contributed by atoms with van der Waals surface area (Å²) in [6.45, 7) is 0. The molecule has 0 aliphatic carbocycles. The van der Waals surface area contributed by atoms with Crippen LogP contribution in [0.2, 0.25) is 0 Å². The molecule has 6 heteroatoms. The zero-order valence-corrected chi connectivity index (χ0v) is 9.84. The van der Waals surface area contributed by atoms with E-state index in [1.54, 1.807) is 0 Å². The van der Waals surface area contributed by atoms with Crippen molar-refractivity contribution in [3.63, 3.8) is 0 Å². The summed E-state index contributed by atoms with van der Waals surface area (Å²) in [4.78, 5) is 10.8. The predicted molar refractivity (Wildman–Crippen MR) is 59.5 cm³/mol. The Morgan fingerprint density at radius 1 is 1.19 bits per heavy atom. The van der Waals surface area contributed by atoms with Crippen LogP contribution < -0.4 is 0 Å². The van der Waals surface area contributed by atoms with Gasteiger partial charge in [0.25, 0.3) is 5.78 Å². The Kier molecular flexibility index (Phi) is 4.06. The van der Waals surface area contributed by atoms with E-state index in [-0.39, 0.29) is 0 Å². The molecule has 1 nitrogen and oxygen atoms in total. The molecular formula is C10H5F4IO. The molecule has 0 aliphatic rings. The van der Waals surface area contributed by atoms with Gasteiger partial charge in [-0.25, -0.2) is 4.39 Å². The smallest absolute Gasteiger partial charge is 0.283 e. The molecule has 86 valence electrons. The fraction of sp³-hybridized carbons (Fsp3) is 0.100. The standard InChI is InChI=1S/C10H5F4IO/c11-7-3-1-6(2-4-7)5-8(15)9(16)10(12,13)14/h1-5H/b8-5-. The van der Waals surface area contributed by atoms with Crippen molar-refractivity contribution in [1.29, 1.82) is 0 Å². The monoisotopic (exact) mass is 344 g/mol. The summed E-state index contributed by atoms with van der Waals surface area (Å²) < 4.78 is 48.1. The van der Waals surface area contributed by atoms with Crippen molar-refractivity contribution in [3.05, 3.63) is 39.2 Å². The number of hydrogen-bond acceptors (Lipinski definition) is 1. The van der Waals surface area contributed by atoms with Crippen LogP contribution in [0.4, 0.5) is 17.6 Å². The summed E-state index contributed by atoms with van der Waals surface area (Å²) >= 11 is 1.30. The maximum absolute atomic E-state index is 12.5. The van der Waals surface area contributed by atoms with Gasteiger partial charge >= 0.3 is 6.18 Å². The molecule has 0 unspecified atom stereocenters. The van der Waals surface area contributed by atoms with Crippen LogP contribution in [0.1, 0.15) is 5.56 Å². The van der Waals surface area contributed by atoms with Crippen LogP contribution in [-0.4, -0.2) is 12.0 Å². The lowest BCUT2D eigenvalue weighted by atomic mass is 10.2. The van der Waals surface area contributed by atoms with Gasteiger partial charge < -0.3 is 0 Å². The second-order valence-corrected chi connectivity index (χ2v) is 4.03. The van der Waals surface area contributed by atoms with Crippen LogP contribution in [0.25, 0.3) is 6.08 Å². The molecule has 0 N–H and O–H groups in total. The van der Waals surface area contributed by atoms with Gasteiger partial charge in [-0.2, -0.15) is 13.2 Å².